The summed E-state index contributed by atoms with van der Waals surface area (Å²) in [5.74, 6) is -0.608. The molecule has 0 heterocycles. The number of carbonyl (C=O) groups is 1. The van der Waals surface area contributed by atoms with Gasteiger partial charge in [0.2, 0.25) is 0 Å². The van der Waals surface area contributed by atoms with Gasteiger partial charge in [0.15, 0.2) is 0 Å². The first-order chi connectivity index (χ1) is 6.59. The lowest BCUT2D eigenvalue weighted by Crippen LogP contribution is -2.08. The second-order valence-electron chi connectivity index (χ2n) is 2.67. The Labute approximate surface area is 82.9 Å². The molecule has 0 aliphatic heterocycles. The Morgan fingerprint density at radius 1 is 1.21 bits per heavy atom. The summed E-state index contributed by atoms with van der Waals surface area (Å²) in [6.07, 6.45) is 0. The van der Waals surface area contributed by atoms with Crippen molar-refractivity contribution in [1.29, 1.82) is 0 Å². The number of carboxylic acids is 1. The van der Waals surface area contributed by atoms with Gasteiger partial charge in [0.05, 0.1) is 25.4 Å². The second-order valence-corrected chi connectivity index (χ2v) is 2.67. The average molecular weight is 204 g/mol. The molecular formula is C9H16O5. The highest BCUT2D eigenvalue weighted by molar-refractivity contribution is 5.86. The average Bonchev–Trinajstić information content (AvgIpc) is 2.16. The minimum absolute atomic E-state index is 0.0248. The molecule has 0 aromatic rings. The van der Waals surface area contributed by atoms with Crippen molar-refractivity contribution in [2.24, 2.45) is 0 Å². The summed E-state index contributed by atoms with van der Waals surface area (Å²) in [4.78, 5) is 10.5. The summed E-state index contributed by atoms with van der Waals surface area (Å²) in [5, 5.41) is 17.0. The Morgan fingerprint density at radius 3 is 2.36 bits per heavy atom. The maximum atomic E-state index is 10.5. The lowest BCUT2D eigenvalue weighted by Gasteiger charge is -2.07. The van der Waals surface area contributed by atoms with Crippen LogP contribution in [-0.4, -0.2) is 42.6 Å². The van der Waals surface area contributed by atoms with E-state index in [2.05, 4.69) is 0 Å². The van der Waals surface area contributed by atoms with E-state index in [1.807, 2.05) is 0 Å². The van der Waals surface area contributed by atoms with E-state index in [0.29, 0.717) is 12.4 Å². The van der Waals surface area contributed by atoms with Crippen LogP contribution in [0.1, 0.15) is 13.8 Å². The normalized spacial score (nSPS) is 12.2. The van der Waals surface area contributed by atoms with E-state index in [1.54, 1.807) is 6.92 Å². The lowest BCUT2D eigenvalue weighted by atomic mass is 10.3. The van der Waals surface area contributed by atoms with E-state index in [0.717, 1.165) is 0 Å². The monoisotopic (exact) mass is 204 g/mol. The van der Waals surface area contributed by atoms with E-state index in [9.17, 15) is 4.79 Å². The topological polar surface area (TPSA) is 76.0 Å². The first kappa shape index (κ1) is 12.9. The molecule has 0 fully saturated rings. The van der Waals surface area contributed by atoms with Crippen LogP contribution in [-0.2, 0) is 14.3 Å². The Bertz CT molecular complexity index is 209. The fourth-order valence-electron chi connectivity index (χ4n) is 0.679. The van der Waals surface area contributed by atoms with Crippen LogP contribution in [0.5, 0.6) is 0 Å². The van der Waals surface area contributed by atoms with E-state index in [1.165, 1.54) is 6.92 Å². The molecule has 82 valence electrons. The summed E-state index contributed by atoms with van der Waals surface area (Å²) in [6, 6.07) is 0. The molecule has 0 bridgehead atoms. The maximum absolute atomic E-state index is 10.5. The third kappa shape index (κ3) is 5.55. The fourth-order valence-corrected chi connectivity index (χ4v) is 0.679. The van der Waals surface area contributed by atoms with E-state index < -0.39 is 5.97 Å². The second kappa shape index (κ2) is 7.34. The molecule has 0 spiro atoms. The van der Waals surface area contributed by atoms with Gasteiger partial charge >= 0.3 is 5.97 Å². The standard InChI is InChI=1S/C9H16O5/c1-7(9(11)12)8(2)14-6-5-13-4-3-10/h10H,3-6H2,1-2H3,(H,11,12). The molecular weight excluding hydrogens is 188 g/mol. The zero-order valence-electron chi connectivity index (χ0n) is 8.45. The Morgan fingerprint density at radius 2 is 1.86 bits per heavy atom. The van der Waals surface area contributed by atoms with Crippen molar-refractivity contribution in [3.05, 3.63) is 11.3 Å². The maximum Gasteiger partial charge on any atom is 0.334 e. The third-order valence-electron chi connectivity index (χ3n) is 1.63. The lowest BCUT2D eigenvalue weighted by molar-refractivity contribution is -0.132. The molecule has 14 heavy (non-hydrogen) atoms. The SMILES string of the molecule is CC(OCCOCCO)=C(C)C(=O)O. The Balaban J connectivity index is 3.68. The van der Waals surface area contributed by atoms with Crippen LogP contribution in [0.3, 0.4) is 0 Å². The number of ether oxygens (including phenoxy) is 2. The van der Waals surface area contributed by atoms with Crippen molar-refractivity contribution < 1.29 is 24.5 Å². The molecule has 0 radical (unpaired) electrons. The molecule has 0 amide bonds. The largest absolute Gasteiger partial charge is 0.495 e. The van der Waals surface area contributed by atoms with Gasteiger partial charge < -0.3 is 19.7 Å². The first-order valence-corrected chi connectivity index (χ1v) is 4.31. The molecule has 0 aromatic carbocycles. The number of allylic oxidation sites excluding steroid dienone is 1. The predicted octanol–water partition coefficient (Wildman–Crippen LogP) is 0.390. The van der Waals surface area contributed by atoms with Crippen molar-refractivity contribution in [2.75, 3.05) is 26.4 Å². The van der Waals surface area contributed by atoms with Gasteiger partial charge in [0.25, 0.3) is 0 Å². The summed E-state index contributed by atoms with van der Waals surface area (Å²) < 4.78 is 10.0. The van der Waals surface area contributed by atoms with Gasteiger partial charge in [-0.25, -0.2) is 4.79 Å². The smallest absolute Gasteiger partial charge is 0.334 e. The van der Waals surface area contributed by atoms with Gasteiger partial charge in [-0.2, -0.15) is 0 Å². The van der Waals surface area contributed by atoms with Gasteiger partial charge in [-0.05, 0) is 13.8 Å². The van der Waals surface area contributed by atoms with Gasteiger partial charge in [0.1, 0.15) is 12.4 Å². The number of carboxylic acid groups (broad SMARTS) is 1. The van der Waals surface area contributed by atoms with E-state index in [-0.39, 0.29) is 25.4 Å². The molecule has 0 unspecified atom stereocenters. The first-order valence-electron chi connectivity index (χ1n) is 4.31. The van der Waals surface area contributed by atoms with Gasteiger partial charge in [0, 0.05) is 0 Å². The molecule has 0 atom stereocenters. The molecule has 5 nitrogen and oxygen atoms in total. The van der Waals surface area contributed by atoms with Gasteiger partial charge in [-0.1, -0.05) is 0 Å². The predicted molar refractivity (Wildman–Crippen MR) is 49.9 cm³/mol. The highest BCUT2D eigenvalue weighted by Gasteiger charge is 2.05. The van der Waals surface area contributed by atoms with Crippen LogP contribution >= 0.6 is 0 Å². The summed E-state index contributed by atoms with van der Waals surface area (Å²) in [6.45, 7) is 3.94. The molecule has 0 aliphatic rings. The molecule has 0 saturated carbocycles. The molecule has 0 saturated heterocycles. The highest BCUT2D eigenvalue weighted by atomic mass is 16.5. The van der Waals surface area contributed by atoms with Crippen molar-refractivity contribution in [1.82, 2.24) is 0 Å². The molecule has 5 heteroatoms. The Kier molecular flexibility index (Phi) is 6.78. The number of aliphatic hydroxyl groups excluding tert-OH is 1. The molecule has 0 aromatic heterocycles. The van der Waals surface area contributed by atoms with E-state index in [4.69, 9.17) is 19.7 Å². The van der Waals surface area contributed by atoms with Crippen molar-refractivity contribution in [3.8, 4) is 0 Å². The van der Waals surface area contributed by atoms with E-state index >= 15 is 0 Å². The number of aliphatic hydroxyl groups is 1. The van der Waals surface area contributed by atoms with Crippen molar-refractivity contribution >= 4 is 5.97 Å². The minimum atomic E-state index is -0.987. The van der Waals surface area contributed by atoms with Crippen LogP contribution in [0.15, 0.2) is 11.3 Å². The van der Waals surface area contributed by atoms with Crippen molar-refractivity contribution in [3.63, 3.8) is 0 Å². The minimum Gasteiger partial charge on any atom is -0.495 e. The van der Waals surface area contributed by atoms with Crippen LogP contribution in [0.25, 0.3) is 0 Å². The van der Waals surface area contributed by atoms with Crippen LogP contribution in [0, 0.1) is 0 Å². The van der Waals surface area contributed by atoms with Gasteiger partial charge in [-0.3, -0.25) is 0 Å². The molecule has 0 rings (SSSR count). The van der Waals surface area contributed by atoms with Crippen LogP contribution < -0.4 is 0 Å². The zero-order valence-corrected chi connectivity index (χ0v) is 8.45. The number of aliphatic carboxylic acids is 1. The Hall–Kier alpha value is -1.07. The van der Waals surface area contributed by atoms with Crippen molar-refractivity contribution in [2.45, 2.75) is 13.8 Å². The highest BCUT2D eigenvalue weighted by Crippen LogP contribution is 2.04. The summed E-state index contributed by atoms with van der Waals surface area (Å²) in [7, 11) is 0. The quantitative estimate of drug-likeness (QED) is 0.356. The third-order valence-corrected chi connectivity index (χ3v) is 1.63. The van der Waals surface area contributed by atoms with Crippen LogP contribution in [0.4, 0.5) is 0 Å². The zero-order chi connectivity index (χ0) is 11.0. The number of hydrogen-bond acceptors (Lipinski definition) is 4. The summed E-state index contributed by atoms with van der Waals surface area (Å²) >= 11 is 0. The fraction of sp³-hybridized carbons (Fsp3) is 0.667. The van der Waals surface area contributed by atoms with Crippen LogP contribution in [0.2, 0.25) is 0 Å². The number of hydrogen-bond donors (Lipinski definition) is 2. The molecule has 2 N–H and O–H groups in total. The molecule has 0 aliphatic carbocycles. The number of rotatable bonds is 7. The summed E-state index contributed by atoms with van der Waals surface area (Å²) in [5.41, 5.74) is 0.187. The van der Waals surface area contributed by atoms with Gasteiger partial charge in [-0.15, -0.1) is 0 Å².